The van der Waals surface area contributed by atoms with Gasteiger partial charge in [-0.15, -0.1) is 0 Å². The molecule has 0 aliphatic heterocycles. The Hall–Kier alpha value is -0.470. The van der Waals surface area contributed by atoms with Gasteiger partial charge < -0.3 is 5.32 Å². The maximum Gasteiger partial charge on any atom is -0.00203 e. The van der Waals surface area contributed by atoms with E-state index < -0.39 is 0 Å². The zero-order valence-corrected chi connectivity index (χ0v) is 12.9. The molecule has 0 aromatic heterocycles. The lowest BCUT2D eigenvalue weighted by atomic mass is 9.94. The van der Waals surface area contributed by atoms with Crippen molar-refractivity contribution in [1.82, 2.24) is 5.32 Å². The molecule has 0 aliphatic carbocycles. The van der Waals surface area contributed by atoms with E-state index in [1.807, 2.05) is 0 Å². The topological polar surface area (TPSA) is 12.0 Å². The monoisotopic (exact) mass is 265 g/mol. The van der Waals surface area contributed by atoms with E-state index in [1.165, 1.54) is 41.9 Å². The van der Waals surface area contributed by atoms with Crippen molar-refractivity contribution >= 4 is 11.8 Å². The van der Waals surface area contributed by atoms with Gasteiger partial charge in [-0.25, -0.2) is 0 Å². The molecule has 1 aromatic carbocycles. The highest BCUT2D eigenvalue weighted by Crippen LogP contribution is 2.16. The second-order valence-corrected chi connectivity index (χ2v) is 6.35. The molecule has 1 aromatic rings. The molecule has 1 N–H and O–H groups in total. The number of rotatable bonds is 9. The van der Waals surface area contributed by atoms with E-state index in [0.29, 0.717) is 0 Å². The standard InChI is InChI=1S/C16H27NS/c1-4-18-10-6-9-16(13-17-3)12-15-8-5-7-14(2)11-15/h5,7-8,11,16-17H,4,6,9-10,12-13H2,1-3H3. The van der Waals surface area contributed by atoms with E-state index >= 15 is 0 Å². The fourth-order valence-electron chi connectivity index (χ4n) is 2.36. The SMILES string of the molecule is CCSCCCC(CNC)Cc1cccc(C)c1. The number of hydrogen-bond donors (Lipinski definition) is 1. The molecular weight excluding hydrogens is 238 g/mol. The van der Waals surface area contributed by atoms with Crippen LogP contribution in [0.15, 0.2) is 24.3 Å². The van der Waals surface area contributed by atoms with E-state index in [2.05, 4.69) is 62.2 Å². The third kappa shape index (κ3) is 6.46. The van der Waals surface area contributed by atoms with Crippen LogP contribution in [0.5, 0.6) is 0 Å². The molecule has 0 fully saturated rings. The van der Waals surface area contributed by atoms with Crippen molar-refractivity contribution in [3.8, 4) is 0 Å². The lowest BCUT2D eigenvalue weighted by Crippen LogP contribution is -2.21. The summed E-state index contributed by atoms with van der Waals surface area (Å²) in [5, 5.41) is 3.34. The minimum absolute atomic E-state index is 0.772. The molecule has 0 saturated carbocycles. The summed E-state index contributed by atoms with van der Waals surface area (Å²) < 4.78 is 0. The Morgan fingerprint density at radius 2 is 2.17 bits per heavy atom. The van der Waals surface area contributed by atoms with Crippen molar-refractivity contribution in [3.05, 3.63) is 35.4 Å². The molecule has 1 nitrogen and oxygen atoms in total. The first-order chi connectivity index (χ1) is 8.76. The van der Waals surface area contributed by atoms with Crippen LogP contribution >= 0.6 is 11.8 Å². The van der Waals surface area contributed by atoms with E-state index in [9.17, 15) is 0 Å². The molecule has 18 heavy (non-hydrogen) atoms. The second-order valence-electron chi connectivity index (χ2n) is 4.96. The van der Waals surface area contributed by atoms with Crippen LogP contribution in [0.4, 0.5) is 0 Å². The minimum atomic E-state index is 0.772. The van der Waals surface area contributed by atoms with Crippen molar-refractivity contribution in [2.45, 2.75) is 33.1 Å². The molecule has 0 spiro atoms. The van der Waals surface area contributed by atoms with Gasteiger partial charge in [-0.3, -0.25) is 0 Å². The molecular formula is C16H27NS. The van der Waals surface area contributed by atoms with Crippen LogP contribution in [0.2, 0.25) is 0 Å². The van der Waals surface area contributed by atoms with Crippen LogP contribution < -0.4 is 5.32 Å². The summed E-state index contributed by atoms with van der Waals surface area (Å²) in [6, 6.07) is 8.93. The summed E-state index contributed by atoms with van der Waals surface area (Å²) in [6.45, 7) is 5.54. The van der Waals surface area contributed by atoms with Gasteiger partial charge in [0.25, 0.3) is 0 Å². The average molecular weight is 265 g/mol. The van der Waals surface area contributed by atoms with Crippen LogP contribution in [-0.4, -0.2) is 25.1 Å². The quantitative estimate of drug-likeness (QED) is 0.680. The van der Waals surface area contributed by atoms with Gasteiger partial charge in [0.1, 0.15) is 0 Å². The van der Waals surface area contributed by atoms with Gasteiger partial charge in [-0.05, 0) is 62.8 Å². The first kappa shape index (κ1) is 15.6. The predicted molar refractivity (Wildman–Crippen MR) is 84.5 cm³/mol. The molecule has 1 rings (SSSR count). The molecule has 2 heteroatoms. The van der Waals surface area contributed by atoms with E-state index in [4.69, 9.17) is 0 Å². The zero-order chi connectivity index (χ0) is 13.2. The zero-order valence-electron chi connectivity index (χ0n) is 12.0. The Labute approximate surface area is 117 Å². The summed E-state index contributed by atoms with van der Waals surface area (Å²) in [5.41, 5.74) is 2.86. The number of benzene rings is 1. The highest BCUT2D eigenvalue weighted by atomic mass is 32.2. The number of hydrogen-bond acceptors (Lipinski definition) is 2. The van der Waals surface area contributed by atoms with Crippen molar-refractivity contribution in [1.29, 1.82) is 0 Å². The van der Waals surface area contributed by atoms with Gasteiger partial charge in [0, 0.05) is 0 Å². The van der Waals surface area contributed by atoms with Crippen LogP contribution in [0.1, 0.15) is 30.9 Å². The largest absolute Gasteiger partial charge is 0.319 e. The highest BCUT2D eigenvalue weighted by Gasteiger charge is 2.08. The number of aryl methyl sites for hydroxylation is 1. The third-order valence-corrected chi connectivity index (χ3v) is 4.19. The minimum Gasteiger partial charge on any atom is -0.319 e. The smallest absolute Gasteiger partial charge is 0.00203 e. The summed E-state index contributed by atoms with van der Waals surface area (Å²) >= 11 is 2.06. The average Bonchev–Trinajstić information content (AvgIpc) is 2.35. The fourth-order valence-corrected chi connectivity index (χ4v) is 3.02. The summed E-state index contributed by atoms with van der Waals surface area (Å²) in [6.07, 6.45) is 3.89. The lowest BCUT2D eigenvalue weighted by molar-refractivity contribution is 0.457. The normalized spacial score (nSPS) is 12.6. The van der Waals surface area contributed by atoms with E-state index in [-0.39, 0.29) is 0 Å². The first-order valence-electron chi connectivity index (χ1n) is 7.04. The van der Waals surface area contributed by atoms with Crippen LogP contribution in [-0.2, 0) is 6.42 Å². The molecule has 102 valence electrons. The van der Waals surface area contributed by atoms with Gasteiger partial charge in [0.05, 0.1) is 0 Å². The molecule has 0 heterocycles. The third-order valence-electron chi connectivity index (χ3n) is 3.20. The fraction of sp³-hybridized carbons (Fsp3) is 0.625. The Morgan fingerprint density at radius 1 is 1.33 bits per heavy atom. The Balaban J connectivity index is 2.41. The van der Waals surface area contributed by atoms with Gasteiger partial charge in [0.15, 0.2) is 0 Å². The van der Waals surface area contributed by atoms with Gasteiger partial charge in [0.2, 0.25) is 0 Å². The maximum atomic E-state index is 3.34. The van der Waals surface area contributed by atoms with Crippen molar-refractivity contribution < 1.29 is 0 Å². The summed E-state index contributed by atoms with van der Waals surface area (Å²) in [7, 11) is 2.06. The summed E-state index contributed by atoms with van der Waals surface area (Å²) in [4.78, 5) is 0. The summed E-state index contributed by atoms with van der Waals surface area (Å²) in [5.74, 6) is 3.33. The van der Waals surface area contributed by atoms with E-state index in [0.717, 1.165) is 12.5 Å². The van der Waals surface area contributed by atoms with Crippen molar-refractivity contribution in [3.63, 3.8) is 0 Å². The predicted octanol–water partition coefficient (Wildman–Crippen LogP) is 3.91. The molecule has 0 amide bonds. The first-order valence-corrected chi connectivity index (χ1v) is 8.19. The molecule has 0 saturated heterocycles. The van der Waals surface area contributed by atoms with Crippen LogP contribution in [0.25, 0.3) is 0 Å². The highest BCUT2D eigenvalue weighted by molar-refractivity contribution is 7.99. The van der Waals surface area contributed by atoms with Gasteiger partial charge in [-0.1, -0.05) is 36.8 Å². The Morgan fingerprint density at radius 3 is 2.83 bits per heavy atom. The Kier molecular flexibility index (Phi) is 8.19. The number of nitrogens with one attached hydrogen (secondary N) is 1. The molecule has 1 atom stereocenters. The second kappa shape index (κ2) is 9.46. The maximum absolute atomic E-state index is 3.34. The molecule has 0 bridgehead atoms. The number of thioether (sulfide) groups is 1. The van der Waals surface area contributed by atoms with Crippen molar-refractivity contribution in [2.75, 3.05) is 25.1 Å². The van der Waals surface area contributed by atoms with Crippen LogP contribution in [0, 0.1) is 12.8 Å². The van der Waals surface area contributed by atoms with Crippen molar-refractivity contribution in [2.24, 2.45) is 5.92 Å². The lowest BCUT2D eigenvalue weighted by Gasteiger charge is -2.16. The van der Waals surface area contributed by atoms with Crippen LogP contribution in [0.3, 0.4) is 0 Å². The Bertz CT molecular complexity index is 325. The van der Waals surface area contributed by atoms with Gasteiger partial charge >= 0.3 is 0 Å². The van der Waals surface area contributed by atoms with E-state index in [1.54, 1.807) is 0 Å². The molecule has 0 aliphatic rings. The molecule has 0 radical (unpaired) electrons. The van der Waals surface area contributed by atoms with Gasteiger partial charge in [-0.2, -0.15) is 11.8 Å². The molecule has 1 unspecified atom stereocenters.